The molecule has 4 rings (SSSR count). The number of hydrogen-bond donors (Lipinski definition) is 3. The van der Waals surface area contributed by atoms with Crippen LogP contribution >= 0.6 is 57.9 Å². The second-order valence-electron chi connectivity index (χ2n) is 8.43. The SMILES string of the molecule is CC1(C)CNC(=O)c2sc(Nc3ccc(I)cc3Cl)c(C(=O)N3CCNCC3)c2C1.Cl. The van der Waals surface area contributed by atoms with Gasteiger partial charge < -0.3 is 20.9 Å². The molecule has 0 unspecified atom stereocenters. The Labute approximate surface area is 211 Å². The largest absolute Gasteiger partial charge is 0.351 e. The lowest BCUT2D eigenvalue weighted by atomic mass is 9.85. The topological polar surface area (TPSA) is 73.5 Å². The van der Waals surface area contributed by atoms with Crippen LogP contribution in [0, 0.1) is 8.99 Å². The monoisotopic (exact) mass is 594 g/mol. The molecule has 0 bridgehead atoms. The summed E-state index contributed by atoms with van der Waals surface area (Å²) in [6.45, 7) is 7.67. The smallest absolute Gasteiger partial charge is 0.261 e. The molecule has 1 aromatic heterocycles. The van der Waals surface area contributed by atoms with Gasteiger partial charge in [0, 0.05) is 36.3 Å². The Morgan fingerprint density at radius 1 is 1.29 bits per heavy atom. The summed E-state index contributed by atoms with van der Waals surface area (Å²) >= 11 is 9.99. The molecule has 6 nitrogen and oxygen atoms in total. The van der Waals surface area contributed by atoms with E-state index in [1.807, 2.05) is 23.1 Å². The zero-order valence-corrected chi connectivity index (χ0v) is 21.9. The van der Waals surface area contributed by atoms with Crippen molar-refractivity contribution >= 4 is 80.4 Å². The number of nitrogens with zero attached hydrogens (tertiary/aromatic N) is 1. The highest BCUT2D eigenvalue weighted by atomic mass is 127. The lowest BCUT2D eigenvalue weighted by molar-refractivity contribution is 0.0735. The molecule has 2 aliphatic heterocycles. The second kappa shape index (κ2) is 9.82. The average Bonchev–Trinajstić information content (AvgIpc) is 3.00. The highest BCUT2D eigenvalue weighted by Gasteiger charge is 2.36. The van der Waals surface area contributed by atoms with Crippen molar-refractivity contribution in [2.24, 2.45) is 5.41 Å². The van der Waals surface area contributed by atoms with E-state index < -0.39 is 0 Å². The molecular weight excluding hydrogens is 570 g/mol. The zero-order chi connectivity index (χ0) is 21.5. The first-order valence-corrected chi connectivity index (χ1v) is 12.2. The molecule has 2 amide bonds. The average molecular weight is 595 g/mol. The fourth-order valence-corrected chi connectivity index (χ4v) is 5.85. The third kappa shape index (κ3) is 5.30. The molecule has 31 heavy (non-hydrogen) atoms. The summed E-state index contributed by atoms with van der Waals surface area (Å²) < 4.78 is 1.03. The van der Waals surface area contributed by atoms with Gasteiger partial charge in [-0.1, -0.05) is 25.4 Å². The molecule has 10 heteroatoms. The molecule has 1 saturated heterocycles. The standard InChI is InChI=1S/C21H24ClIN4O2S.ClH/c1-21(2)10-13-16(20(29)27-7-5-24-6-8-27)19(30-17(13)18(28)25-11-21)26-15-4-3-12(23)9-14(15)22;/h3-4,9,24,26H,5-8,10-11H2,1-2H3,(H,25,28);1H. The summed E-state index contributed by atoms with van der Waals surface area (Å²) in [7, 11) is 0. The van der Waals surface area contributed by atoms with E-state index in [0.717, 1.165) is 27.9 Å². The Kier molecular flexibility index (Phi) is 7.79. The molecule has 2 aromatic rings. The number of carbonyl (C=O) groups excluding carboxylic acids is 2. The summed E-state index contributed by atoms with van der Waals surface area (Å²) in [4.78, 5) is 28.9. The Morgan fingerprint density at radius 3 is 2.68 bits per heavy atom. The molecule has 3 heterocycles. The van der Waals surface area contributed by atoms with E-state index in [0.29, 0.717) is 46.5 Å². The lowest BCUT2D eigenvalue weighted by Gasteiger charge is -2.29. The van der Waals surface area contributed by atoms with Gasteiger partial charge in [0.05, 0.1) is 21.2 Å². The van der Waals surface area contributed by atoms with Crippen molar-refractivity contribution in [1.29, 1.82) is 0 Å². The van der Waals surface area contributed by atoms with Gasteiger partial charge in [0.2, 0.25) is 0 Å². The molecule has 2 aliphatic rings. The van der Waals surface area contributed by atoms with Crippen molar-refractivity contribution in [2.75, 3.05) is 38.0 Å². The molecule has 3 N–H and O–H groups in total. The predicted molar refractivity (Wildman–Crippen MR) is 138 cm³/mol. The van der Waals surface area contributed by atoms with Crippen molar-refractivity contribution in [3.8, 4) is 0 Å². The van der Waals surface area contributed by atoms with Crippen LogP contribution in [-0.4, -0.2) is 49.4 Å². The lowest BCUT2D eigenvalue weighted by Crippen LogP contribution is -2.46. The molecule has 0 radical (unpaired) electrons. The van der Waals surface area contributed by atoms with Crippen molar-refractivity contribution in [1.82, 2.24) is 15.5 Å². The number of nitrogens with one attached hydrogen (secondary N) is 3. The molecule has 0 aliphatic carbocycles. The highest BCUT2D eigenvalue weighted by Crippen LogP contribution is 2.42. The fourth-order valence-electron chi connectivity index (χ4n) is 3.81. The van der Waals surface area contributed by atoms with E-state index in [-0.39, 0.29) is 29.6 Å². The number of thiophene rings is 1. The van der Waals surface area contributed by atoms with Crippen molar-refractivity contribution in [3.63, 3.8) is 0 Å². The van der Waals surface area contributed by atoms with E-state index in [9.17, 15) is 9.59 Å². The molecule has 0 saturated carbocycles. The third-order valence-corrected chi connectivity index (χ3v) is 7.52. The number of anilines is 2. The van der Waals surface area contributed by atoms with Crippen molar-refractivity contribution in [2.45, 2.75) is 20.3 Å². The Hall–Kier alpha value is -1.07. The maximum Gasteiger partial charge on any atom is 0.261 e. The first kappa shape index (κ1) is 24.6. The molecule has 1 fully saturated rings. The van der Waals surface area contributed by atoms with Gasteiger partial charge in [-0.3, -0.25) is 9.59 Å². The second-order valence-corrected chi connectivity index (χ2v) is 11.1. The quantitative estimate of drug-likeness (QED) is 0.457. The number of halogens is 3. The normalized spacial score (nSPS) is 17.8. The van der Waals surface area contributed by atoms with Crippen LogP contribution in [0.25, 0.3) is 0 Å². The van der Waals surface area contributed by atoms with Crippen LogP contribution < -0.4 is 16.0 Å². The molecule has 0 atom stereocenters. The zero-order valence-electron chi connectivity index (χ0n) is 17.3. The molecule has 168 valence electrons. The number of hydrogen-bond acceptors (Lipinski definition) is 5. The van der Waals surface area contributed by atoms with E-state index >= 15 is 0 Å². The molecule has 0 spiro atoms. The Bertz CT molecular complexity index is 1010. The first-order valence-electron chi connectivity index (χ1n) is 9.91. The van der Waals surface area contributed by atoms with Gasteiger partial charge in [0.25, 0.3) is 11.8 Å². The van der Waals surface area contributed by atoms with Crippen molar-refractivity contribution in [3.05, 3.63) is 42.8 Å². The minimum absolute atomic E-state index is 0. The minimum Gasteiger partial charge on any atom is -0.351 e. The van der Waals surface area contributed by atoms with E-state index in [2.05, 4.69) is 52.4 Å². The van der Waals surface area contributed by atoms with E-state index in [4.69, 9.17) is 11.6 Å². The van der Waals surface area contributed by atoms with Crippen LogP contribution in [0.1, 0.15) is 39.4 Å². The van der Waals surface area contributed by atoms with Crippen LogP contribution in [0.4, 0.5) is 10.7 Å². The van der Waals surface area contributed by atoms with Crippen LogP contribution in [0.15, 0.2) is 18.2 Å². The highest BCUT2D eigenvalue weighted by molar-refractivity contribution is 14.1. The third-order valence-electron chi connectivity index (χ3n) is 5.39. The number of amides is 2. The van der Waals surface area contributed by atoms with Crippen LogP contribution in [0.5, 0.6) is 0 Å². The molecular formula is C21H25Cl2IN4O2S. The first-order chi connectivity index (χ1) is 14.2. The summed E-state index contributed by atoms with van der Waals surface area (Å²) in [5.74, 6) is -0.139. The van der Waals surface area contributed by atoms with Crippen LogP contribution in [0.3, 0.4) is 0 Å². The Balaban J connectivity index is 0.00000272. The number of benzene rings is 1. The van der Waals surface area contributed by atoms with Crippen LogP contribution in [-0.2, 0) is 6.42 Å². The summed E-state index contributed by atoms with van der Waals surface area (Å²) in [5, 5.41) is 10.9. The van der Waals surface area contributed by atoms with Crippen molar-refractivity contribution < 1.29 is 9.59 Å². The number of fused-ring (bicyclic) bond motifs is 1. The van der Waals surface area contributed by atoms with Gasteiger partial charge in [-0.05, 0) is 58.2 Å². The van der Waals surface area contributed by atoms with E-state index in [1.54, 1.807) is 0 Å². The fraction of sp³-hybridized carbons (Fsp3) is 0.429. The van der Waals surface area contributed by atoms with Gasteiger partial charge in [-0.2, -0.15) is 0 Å². The van der Waals surface area contributed by atoms with Gasteiger partial charge in [0.15, 0.2) is 0 Å². The number of rotatable bonds is 3. The maximum absolute atomic E-state index is 13.6. The number of carbonyl (C=O) groups is 2. The minimum atomic E-state index is -0.141. The van der Waals surface area contributed by atoms with Gasteiger partial charge >= 0.3 is 0 Å². The predicted octanol–water partition coefficient (Wildman–Crippen LogP) is 4.53. The van der Waals surface area contributed by atoms with Crippen LogP contribution in [0.2, 0.25) is 5.02 Å². The summed E-state index contributed by atoms with van der Waals surface area (Å²) in [5.41, 5.74) is 2.03. The maximum atomic E-state index is 13.6. The molecule has 1 aromatic carbocycles. The Morgan fingerprint density at radius 2 is 2.00 bits per heavy atom. The number of piperazine rings is 1. The van der Waals surface area contributed by atoms with Gasteiger partial charge in [-0.15, -0.1) is 23.7 Å². The summed E-state index contributed by atoms with van der Waals surface area (Å²) in [6, 6.07) is 5.73. The summed E-state index contributed by atoms with van der Waals surface area (Å²) in [6.07, 6.45) is 0.660. The van der Waals surface area contributed by atoms with Gasteiger partial charge in [0.1, 0.15) is 5.00 Å². The van der Waals surface area contributed by atoms with E-state index in [1.165, 1.54) is 11.3 Å². The van der Waals surface area contributed by atoms with Gasteiger partial charge in [-0.25, -0.2) is 0 Å².